The van der Waals surface area contributed by atoms with Crippen LogP contribution in [0.4, 0.5) is 5.69 Å². The van der Waals surface area contributed by atoms with Crippen molar-refractivity contribution in [2.45, 2.75) is 18.2 Å². The minimum absolute atomic E-state index is 0.635. The van der Waals surface area contributed by atoms with Gasteiger partial charge in [0.05, 0.1) is 5.69 Å². The molecule has 0 saturated carbocycles. The predicted molar refractivity (Wildman–Crippen MR) is 119 cm³/mol. The molecule has 0 unspecified atom stereocenters. The monoisotopic (exact) mass is 391 g/mol. The zero-order valence-electron chi connectivity index (χ0n) is 15.1. The summed E-state index contributed by atoms with van der Waals surface area (Å²) in [5, 5.41) is 2.13. The van der Waals surface area contributed by atoms with Gasteiger partial charge in [-0.2, -0.15) is 0 Å². The summed E-state index contributed by atoms with van der Waals surface area (Å²) < 4.78 is 6.13. The maximum atomic E-state index is 6.13. The van der Waals surface area contributed by atoms with Crippen LogP contribution in [-0.2, 0) is 0 Å². The predicted octanol–water partition coefficient (Wildman–Crippen LogP) is 7.53. The van der Waals surface area contributed by atoms with E-state index in [0.29, 0.717) is 5.90 Å². The van der Waals surface area contributed by atoms with Gasteiger partial charge >= 0.3 is 0 Å². The molecule has 0 saturated heterocycles. The van der Waals surface area contributed by atoms with E-state index >= 15 is 0 Å². The van der Waals surface area contributed by atoms with Crippen LogP contribution >= 0.6 is 21.6 Å². The van der Waals surface area contributed by atoms with E-state index in [2.05, 4.69) is 24.5 Å². The van der Waals surface area contributed by atoms with Crippen LogP contribution in [0.2, 0.25) is 0 Å². The first-order valence-electron chi connectivity index (χ1n) is 8.79. The second-order valence-electron chi connectivity index (χ2n) is 5.66. The maximum absolute atomic E-state index is 6.13. The number of benzene rings is 3. The molecule has 0 amide bonds. The molecule has 27 heavy (non-hydrogen) atoms. The number of nitrogens with zero attached hydrogens (tertiary/aromatic N) is 1. The summed E-state index contributed by atoms with van der Waals surface area (Å²) >= 11 is 0. The number of aliphatic imine (C=N–C) groups is 1. The Balaban J connectivity index is 1.82. The van der Waals surface area contributed by atoms with Crippen LogP contribution in [0.3, 0.4) is 0 Å². The zero-order chi connectivity index (χ0) is 18.7. The molecule has 0 heterocycles. The molecular formula is C23H21NOS2. The van der Waals surface area contributed by atoms with E-state index < -0.39 is 0 Å². The summed E-state index contributed by atoms with van der Waals surface area (Å²) in [6, 6.07) is 30.0. The van der Waals surface area contributed by atoms with E-state index in [4.69, 9.17) is 9.73 Å². The van der Waals surface area contributed by atoms with Crippen molar-refractivity contribution in [1.29, 1.82) is 0 Å². The fourth-order valence-electron chi connectivity index (χ4n) is 2.28. The molecule has 0 aromatic heterocycles. The second-order valence-corrected chi connectivity index (χ2v) is 7.80. The lowest BCUT2D eigenvalue weighted by Crippen LogP contribution is -2.11. The Morgan fingerprint density at radius 2 is 1.44 bits per heavy atom. The van der Waals surface area contributed by atoms with Crippen molar-refractivity contribution in [2.24, 2.45) is 4.99 Å². The molecule has 2 nitrogen and oxygen atoms in total. The van der Waals surface area contributed by atoms with Gasteiger partial charge in [-0.3, -0.25) is 0 Å². The SMILES string of the molecule is CC/C(=C\SSc1ccccc1)C(=Nc1ccccc1)Oc1ccccc1. The van der Waals surface area contributed by atoms with Crippen molar-refractivity contribution in [3.8, 4) is 5.75 Å². The maximum Gasteiger partial charge on any atom is 0.223 e. The van der Waals surface area contributed by atoms with Crippen LogP contribution in [0.15, 0.2) is 112 Å². The van der Waals surface area contributed by atoms with E-state index in [1.807, 2.05) is 78.9 Å². The van der Waals surface area contributed by atoms with Gasteiger partial charge in [0, 0.05) is 10.5 Å². The van der Waals surface area contributed by atoms with Crippen LogP contribution in [0.25, 0.3) is 0 Å². The Bertz CT molecular complexity index is 878. The molecule has 3 rings (SSSR count). The fraction of sp³-hybridized carbons (Fsp3) is 0.0870. The summed E-state index contributed by atoms with van der Waals surface area (Å²) in [5.74, 6) is 1.42. The number of rotatable bonds is 7. The van der Waals surface area contributed by atoms with Crippen LogP contribution in [-0.4, -0.2) is 5.90 Å². The Hall–Kier alpha value is -2.43. The molecule has 0 aliphatic heterocycles. The highest BCUT2D eigenvalue weighted by molar-refractivity contribution is 8.77. The Kier molecular flexibility index (Phi) is 7.63. The highest BCUT2D eigenvalue weighted by Crippen LogP contribution is 2.33. The lowest BCUT2D eigenvalue weighted by molar-refractivity contribution is 0.549. The first-order chi connectivity index (χ1) is 13.3. The average Bonchev–Trinajstić information content (AvgIpc) is 2.73. The van der Waals surface area contributed by atoms with Crippen molar-refractivity contribution in [2.75, 3.05) is 0 Å². The number of para-hydroxylation sites is 2. The zero-order valence-corrected chi connectivity index (χ0v) is 16.7. The molecule has 0 bridgehead atoms. The third-order valence-corrected chi connectivity index (χ3v) is 5.77. The largest absolute Gasteiger partial charge is 0.439 e. The number of hydrogen-bond acceptors (Lipinski definition) is 4. The van der Waals surface area contributed by atoms with Gasteiger partial charge in [0.1, 0.15) is 5.75 Å². The first kappa shape index (κ1) is 19.3. The molecule has 0 fully saturated rings. The molecule has 3 aromatic rings. The molecule has 0 atom stereocenters. The molecule has 3 aromatic carbocycles. The molecule has 0 spiro atoms. The number of ether oxygens (including phenoxy) is 1. The topological polar surface area (TPSA) is 21.6 Å². The standard InChI is InChI=1S/C23H21NOS2/c1-2-19(18-26-27-22-16-10-5-11-17-22)23(24-20-12-6-3-7-13-20)25-21-14-8-4-9-15-21/h3-18H,2H2,1H3/b19-18+,24-23?. The van der Waals surface area contributed by atoms with E-state index in [-0.39, 0.29) is 0 Å². The van der Waals surface area contributed by atoms with Crippen LogP contribution in [0, 0.1) is 0 Å². The highest BCUT2D eigenvalue weighted by Gasteiger charge is 2.10. The van der Waals surface area contributed by atoms with E-state index in [1.54, 1.807) is 21.6 Å². The van der Waals surface area contributed by atoms with Crippen molar-refractivity contribution in [3.63, 3.8) is 0 Å². The average molecular weight is 392 g/mol. The smallest absolute Gasteiger partial charge is 0.223 e. The second kappa shape index (κ2) is 10.7. The van der Waals surface area contributed by atoms with Crippen molar-refractivity contribution < 1.29 is 4.74 Å². The van der Waals surface area contributed by atoms with Crippen LogP contribution < -0.4 is 4.74 Å². The summed E-state index contributed by atoms with van der Waals surface area (Å²) in [4.78, 5) is 5.98. The summed E-state index contributed by atoms with van der Waals surface area (Å²) in [7, 11) is 3.41. The Morgan fingerprint density at radius 1 is 0.852 bits per heavy atom. The summed E-state index contributed by atoms with van der Waals surface area (Å²) in [5.41, 5.74) is 1.94. The molecule has 0 radical (unpaired) electrons. The van der Waals surface area contributed by atoms with Crippen molar-refractivity contribution in [1.82, 2.24) is 0 Å². The molecule has 0 N–H and O–H groups in total. The minimum atomic E-state index is 0.635. The molecule has 4 heteroatoms. The third-order valence-electron chi connectivity index (χ3n) is 3.68. The molecule has 0 aliphatic rings. The van der Waals surface area contributed by atoms with Crippen LogP contribution in [0.5, 0.6) is 5.75 Å². The number of hydrogen-bond donors (Lipinski definition) is 0. The van der Waals surface area contributed by atoms with Gasteiger partial charge in [-0.1, -0.05) is 83.1 Å². The van der Waals surface area contributed by atoms with E-state index in [0.717, 1.165) is 23.4 Å². The lowest BCUT2D eigenvalue weighted by atomic mass is 10.2. The van der Waals surface area contributed by atoms with Gasteiger partial charge in [0.2, 0.25) is 5.90 Å². The van der Waals surface area contributed by atoms with Gasteiger partial charge in [-0.25, -0.2) is 4.99 Å². The molecule has 0 aliphatic carbocycles. The lowest BCUT2D eigenvalue weighted by Gasteiger charge is -2.11. The van der Waals surface area contributed by atoms with Gasteiger partial charge in [-0.05, 0) is 48.2 Å². The normalized spacial score (nSPS) is 12.0. The van der Waals surface area contributed by atoms with Gasteiger partial charge in [0.15, 0.2) is 0 Å². The highest BCUT2D eigenvalue weighted by atomic mass is 33.1. The Labute approximate surface area is 168 Å². The molecular weight excluding hydrogens is 370 g/mol. The van der Waals surface area contributed by atoms with Gasteiger partial charge in [-0.15, -0.1) is 0 Å². The summed E-state index contributed by atoms with van der Waals surface area (Å²) in [6.07, 6.45) is 0.834. The Morgan fingerprint density at radius 3 is 2.07 bits per heavy atom. The van der Waals surface area contributed by atoms with E-state index in [1.165, 1.54) is 4.90 Å². The quantitative estimate of drug-likeness (QED) is 0.236. The fourth-order valence-corrected chi connectivity index (χ4v) is 4.25. The molecule has 136 valence electrons. The van der Waals surface area contributed by atoms with Gasteiger partial charge < -0.3 is 4.74 Å². The van der Waals surface area contributed by atoms with Crippen LogP contribution in [0.1, 0.15) is 13.3 Å². The van der Waals surface area contributed by atoms with E-state index in [9.17, 15) is 0 Å². The first-order valence-corrected chi connectivity index (χ1v) is 11.0. The third kappa shape index (κ3) is 6.35. The van der Waals surface area contributed by atoms with Gasteiger partial charge in [0.25, 0.3) is 0 Å². The van der Waals surface area contributed by atoms with Crippen molar-refractivity contribution >= 4 is 33.2 Å². The van der Waals surface area contributed by atoms with Crippen molar-refractivity contribution in [3.05, 3.63) is 102 Å². The summed E-state index contributed by atoms with van der Waals surface area (Å²) in [6.45, 7) is 2.12. The minimum Gasteiger partial charge on any atom is -0.439 e.